The lowest BCUT2D eigenvalue weighted by molar-refractivity contribution is 0.339. The molecule has 2 unspecified atom stereocenters. The molecule has 3 nitrogen and oxygen atoms in total. The van der Waals surface area contributed by atoms with Gasteiger partial charge in [-0.1, -0.05) is 64.4 Å². The topological polar surface area (TPSA) is 48.8 Å². The lowest BCUT2D eigenvalue weighted by Gasteiger charge is -2.22. The Morgan fingerprint density at radius 3 is 2.13 bits per heavy atom. The largest absolute Gasteiger partial charge is 0.0903 e. The summed E-state index contributed by atoms with van der Waals surface area (Å²) in [6.45, 7) is 6.58. The van der Waals surface area contributed by atoms with E-state index >= 15 is 0 Å². The number of hydrogen-bond donors (Lipinski definition) is 0. The first-order valence-corrected chi connectivity index (χ1v) is 6.34. The predicted octanol–water partition coefficient (Wildman–Crippen LogP) is 5.07. The minimum Gasteiger partial charge on any atom is -0.0903 e. The van der Waals surface area contributed by atoms with Crippen LogP contribution in [0, 0.1) is 5.92 Å². The first kappa shape index (κ1) is 14.3. The van der Waals surface area contributed by atoms with Crippen LogP contribution >= 0.6 is 0 Å². The molecule has 0 N–H and O–H groups in total. The standard InChI is InChI=1S/C12H25N3/c1-4-7-10-11(8-5-2)12(9-6-3)14-15-13/h11-12H,4-10H2,1-3H3. The van der Waals surface area contributed by atoms with Gasteiger partial charge in [0.25, 0.3) is 0 Å². The third kappa shape index (κ3) is 6.40. The average Bonchev–Trinajstić information content (AvgIpc) is 2.24. The minimum absolute atomic E-state index is 0.228. The maximum absolute atomic E-state index is 8.56. The molecule has 0 aliphatic rings. The molecule has 0 aromatic carbocycles. The number of azide groups is 1. The molecule has 0 amide bonds. The second kappa shape index (κ2) is 9.85. The highest BCUT2D eigenvalue weighted by molar-refractivity contribution is 4.76. The highest BCUT2D eigenvalue weighted by Gasteiger charge is 2.18. The normalized spacial score (nSPS) is 14.3. The lowest BCUT2D eigenvalue weighted by atomic mass is 9.88. The fourth-order valence-corrected chi connectivity index (χ4v) is 2.12. The monoisotopic (exact) mass is 211 g/mol. The van der Waals surface area contributed by atoms with Crippen LogP contribution in [0.5, 0.6) is 0 Å². The van der Waals surface area contributed by atoms with Crippen molar-refractivity contribution in [2.24, 2.45) is 11.0 Å². The molecule has 0 radical (unpaired) electrons. The van der Waals surface area contributed by atoms with E-state index in [-0.39, 0.29) is 6.04 Å². The van der Waals surface area contributed by atoms with Crippen LogP contribution in [0.1, 0.15) is 65.7 Å². The van der Waals surface area contributed by atoms with Crippen LogP contribution in [0.3, 0.4) is 0 Å². The predicted molar refractivity (Wildman–Crippen MR) is 65.8 cm³/mol. The van der Waals surface area contributed by atoms with Gasteiger partial charge in [-0.05, 0) is 17.9 Å². The number of hydrogen-bond acceptors (Lipinski definition) is 1. The van der Waals surface area contributed by atoms with Crippen molar-refractivity contribution in [1.82, 2.24) is 0 Å². The molecule has 0 rings (SSSR count). The number of unbranched alkanes of at least 4 members (excludes halogenated alkanes) is 1. The molecule has 0 spiro atoms. The number of nitrogens with zero attached hydrogens (tertiary/aromatic N) is 3. The summed E-state index contributed by atoms with van der Waals surface area (Å²) >= 11 is 0. The van der Waals surface area contributed by atoms with Gasteiger partial charge < -0.3 is 0 Å². The van der Waals surface area contributed by atoms with E-state index in [0.29, 0.717) is 5.92 Å². The van der Waals surface area contributed by atoms with Crippen molar-refractivity contribution in [3.63, 3.8) is 0 Å². The summed E-state index contributed by atoms with van der Waals surface area (Å²) < 4.78 is 0. The third-order valence-corrected chi connectivity index (χ3v) is 2.92. The molecule has 88 valence electrons. The third-order valence-electron chi connectivity index (χ3n) is 2.92. The van der Waals surface area contributed by atoms with E-state index in [1.807, 2.05) is 0 Å². The van der Waals surface area contributed by atoms with Crippen LogP contribution in [0.25, 0.3) is 10.4 Å². The summed E-state index contributed by atoms with van der Waals surface area (Å²) in [5.74, 6) is 0.603. The van der Waals surface area contributed by atoms with E-state index in [9.17, 15) is 0 Å². The summed E-state index contributed by atoms with van der Waals surface area (Å²) in [6.07, 6.45) is 8.24. The van der Waals surface area contributed by atoms with Gasteiger partial charge in [-0.25, -0.2) is 0 Å². The molecule has 0 fully saturated rings. The van der Waals surface area contributed by atoms with Gasteiger partial charge in [0.1, 0.15) is 0 Å². The van der Waals surface area contributed by atoms with Gasteiger partial charge in [0.15, 0.2) is 0 Å². The highest BCUT2D eigenvalue weighted by atomic mass is 15.1. The summed E-state index contributed by atoms with van der Waals surface area (Å²) in [4.78, 5) is 2.99. The van der Waals surface area contributed by atoms with Crippen molar-refractivity contribution < 1.29 is 0 Å². The molecule has 0 aliphatic carbocycles. The van der Waals surface area contributed by atoms with E-state index in [2.05, 4.69) is 30.8 Å². The van der Waals surface area contributed by atoms with Crippen molar-refractivity contribution in [1.29, 1.82) is 0 Å². The molecule has 0 saturated heterocycles. The van der Waals surface area contributed by atoms with Crippen molar-refractivity contribution in [3.05, 3.63) is 10.4 Å². The van der Waals surface area contributed by atoms with E-state index < -0.39 is 0 Å². The van der Waals surface area contributed by atoms with Gasteiger partial charge >= 0.3 is 0 Å². The molecule has 15 heavy (non-hydrogen) atoms. The van der Waals surface area contributed by atoms with Crippen LogP contribution in [0.2, 0.25) is 0 Å². The Bertz CT molecular complexity index is 185. The van der Waals surface area contributed by atoms with Crippen molar-refractivity contribution >= 4 is 0 Å². The fraction of sp³-hybridized carbons (Fsp3) is 1.00. The number of rotatable bonds is 9. The maximum Gasteiger partial charge on any atom is 0.0402 e. The maximum atomic E-state index is 8.56. The van der Waals surface area contributed by atoms with Gasteiger partial charge in [0.05, 0.1) is 0 Å². The Balaban J connectivity index is 4.28. The average molecular weight is 211 g/mol. The summed E-state index contributed by atoms with van der Waals surface area (Å²) in [7, 11) is 0. The SMILES string of the molecule is CCCCC(CCC)C(CCC)N=[N+]=[N-]. The van der Waals surface area contributed by atoms with Gasteiger partial charge in [-0.2, -0.15) is 0 Å². The minimum atomic E-state index is 0.228. The van der Waals surface area contributed by atoms with Crippen LogP contribution < -0.4 is 0 Å². The van der Waals surface area contributed by atoms with Crippen LogP contribution in [0.4, 0.5) is 0 Å². The smallest absolute Gasteiger partial charge is 0.0402 e. The molecule has 3 heteroatoms. The van der Waals surface area contributed by atoms with Crippen molar-refractivity contribution in [2.45, 2.75) is 71.8 Å². The van der Waals surface area contributed by atoms with Gasteiger partial charge in [-0.15, -0.1) is 0 Å². The van der Waals surface area contributed by atoms with Crippen molar-refractivity contribution in [2.75, 3.05) is 0 Å². The Kier molecular flexibility index (Phi) is 9.40. The molecule has 2 atom stereocenters. The van der Waals surface area contributed by atoms with Crippen molar-refractivity contribution in [3.8, 4) is 0 Å². The Morgan fingerprint density at radius 2 is 1.67 bits per heavy atom. The van der Waals surface area contributed by atoms with Crippen LogP contribution in [0.15, 0.2) is 5.11 Å². The summed E-state index contributed by atoms with van der Waals surface area (Å²) in [5.41, 5.74) is 8.56. The zero-order valence-corrected chi connectivity index (χ0v) is 10.4. The van der Waals surface area contributed by atoms with Crippen LogP contribution in [-0.2, 0) is 0 Å². The zero-order chi connectivity index (χ0) is 11.5. The molecular weight excluding hydrogens is 186 g/mol. The molecule has 0 aromatic rings. The highest BCUT2D eigenvalue weighted by Crippen LogP contribution is 2.24. The first-order chi connectivity index (χ1) is 7.29. The summed E-state index contributed by atoms with van der Waals surface area (Å²) in [6, 6.07) is 0.228. The molecule has 0 aliphatic heterocycles. The van der Waals surface area contributed by atoms with Gasteiger partial charge in [-0.3, -0.25) is 0 Å². The van der Waals surface area contributed by atoms with Gasteiger partial charge in [0, 0.05) is 11.0 Å². The fourth-order valence-electron chi connectivity index (χ4n) is 2.12. The Hall–Kier alpha value is -0.690. The molecule has 0 saturated carbocycles. The Labute approximate surface area is 93.9 Å². The molecular formula is C12H25N3. The zero-order valence-electron chi connectivity index (χ0n) is 10.4. The summed E-state index contributed by atoms with van der Waals surface area (Å²) in [5, 5.41) is 3.97. The molecule has 0 bridgehead atoms. The second-order valence-electron chi connectivity index (χ2n) is 4.25. The lowest BCUT2D eigenvalue weighted by Crippen LogP contribution is -2.18. The second-order valence-corrected chi connectivity index (χ2v) is 4.25. The molecule has 0 heterocycles. The molecule has 0 aromatic heterocycles. The Morgan fingerprint density at radius 1 is 1.00 bits per heavy atom. The van der Waals surface area contributed by atoms with E-state index in [1.165, 1.54) is 32.1 Å². The quantitative estimate of drug-likeness (QED) is 0.290. The van der Waals surface area contributed by atoms with E-state index in [4.69, 9.17) is 5.53 Å². The van der Waals surface area contributed by atoms with E-state index in [0.717, 1.165) is 12.8 Å². The first-order valence-electron chi connectivity index (χ1n) is 6.34. The van der Waals surface area contributed by atoms with E-state index in [1.54, 1.807) is 0 Å². The van der Waals surface area contributed by atoms with Gasteiger partial charge in [0.2, 0.25) is 0 Å². The van der Waals surface area contributed by atoms with Crippen LogP contribution in [-0.4, -0.2) is 6.04 Å².